The highest BCUT2D eigenvalue weighted by Crippen LogP contribution is 2.38. The Bertz CT molecular complexity index is 562. The number of ether oxygens (including phenoxy) is 1. The Morgan fingerprint density at radius 2 is 1.90 bits per heavy atom. The molecule has 114 valence electrons. The summed E-state index contributed by atoms with van der Waals surface area (Å²) in [4.78, 5) is 25.2. The Hall–Kier alpha value is -2.04. The van der Waals surface area contributed by atoms with E-state index in [1.807, 2.05) is 19.1 Å². The van der Waals surface area contributed by atoms with Crippen LogP contribution in [0.15, 0.2) is 24.3 Å². The molecule has 21 heavy (non-hydrogen) atoms. The Kier molecular flexibility index (Phi) is 3.94. The van der Waals surface area contributed by atoms with Gasteiger partial charge < -0.3 is 9.84 Å². The number of para-hydroxylation sites is 1. The Morgan fingerprint density at radius 3 is 2.48 bits per heavy atom. The molecule has 1 N–H and O–H groups in total. The molecule has 1 aromatic carbocycles. The lowest BCUT2D eigenvalue weighted by atomic mass is 9.87. The van der Waals surface area contributed by atoms with Crippen molar-refractivity contribution in [2.75, 3.05) is 4.90 Å². The summed E-state index contributed by atoms with van der Waals surface area (Å²) < 4.78 is 5.37. The molecule has 0 fully saturated rings. The number of hydrogen-bond donors (Lipinski definition) is 1. The molecule has 5 heteroatoms. The van der Waals surface area contributed by atoms with Crippen molar-refractivity contribution in [2.45, 2.75) is 51.7 Å². The number of carboxylic acids is 1. The summed E-state index contributed by atoms with van der Waals surface area (Å²) in [6, 6.07) is 6.49. The molecule has 0 unspecified atom stereocenters. The van der Waals surface area contributed by atoms with E-state index in [-0.39, 0.29) is 5.92 Å². The van der Waals surface area contributed by atoms with E-state index in [4.69, 9.17) is 4.74 Å². The van der Waals surface area contributed by atoms with Crippen molar-refractivity contribution in [3.63, 3.8) is 0 Å². The van der Waals surface area contributed by atoms with Gasteiger partial charge in [-0.25, -0.2) is 9.59 Å². The zero-order valence-electron chi connectivity index (χ0n) is 12.8. The maximum absolute atomic E-state index is 12.4. The third-order valence-corrected chi connectivity index (χ3v) is 3.49. The largest absolute Gasteiger partial charge is 0.480 e. The summed E-state index contributed by atoms with van der Waals surface area (Å²) in [5.41, 5.74) is 0.928. The second-order valence-corrected chi connectivity index (χ2v) is 6.40. The van der Waals surface area contributed by atoms with Gasteiger partial charge in [0.25, 0.3) is 0 Å². The molecule has 0 aliphatic carbocycles. The van der Waals surface area contributed by atoms with Crippen molar-refractivity contribution in [2.24, 2.45) is 0 Å². The fraction of sp³-hybridized carbons (Fsp3) is 0.500. The molecular formula is C16H21NO4. The summed E-state index contributed by atoms with van der Waals surface area (Å²) in [5, 5.41) is 9.45. The van der Waals surface area contributed by atoms with Gasteiger partial charge in [-0.05, 0) is 44.7 Å². The van der Waals surface area contributed by atoms with Crippen molar-refractivity contribution in [1.29, 1.82) is 0 Å². The predicted octanol–water partition coefficient (Wildman–Crippen LogP) is 3.39. The molecule has 5 nitrogen and oxygen atoms in total. The minimum atomic E-state index is -1.01. The molecule has 0 saturated carbocycles. The van der Waals surface area contributed by atoms with Crippen LogP contribution in [0.2, 0.25) is 0 Å². The van der Waals surface area contributed by atoms with Crippen molar-refractivity contribution in [1.82, 2.24) is 0 Å². The van der Waals surface area contributed by atoms with Gasteiger partial charge in [0.1, 0.15) is 11.6 Å². The number of aliphatic carboxylic acids is 1. The Morgan fingerprint density at radius 1 is 1.29 bits per heavy atom. The first-order valence-electron chi connectivity index (χ1n) is 7.04. The Balaban J connectivity index is 2.45. The van der Waals surface area contributed by atoms with E-state index in [1.54, 1.807) is 32.9 Å². The van der Waals surface area contributed by atoms with Gasteiger partial charge in [-0.15, -0.1) is 0 Å². The van der Waals surface area contributed by atoms with Crippen LogP contribution in [-0.4, -0.2) is 28.8 Å². The number of nitrogens with zero attached hydrogens (tertiary/aromatic N) is 1. The van der Waals surface area contributed by atoms with Crippen LogP contribution in [0.1, 0.15) is 45.6 Å². The monoisotopic (exact) mass is 291 g/mol. The summed E-state index contributed by atoms with van der Waals surface area (Å²) in [7, 11) is 0. The van der Waals surface area contributed by atoms with Gasteiger partial charge in [-0.3, -0.25) is 4.90 Å². The maximum atomic E-state index is 12.4. The van der Waals surface area contributed by atoms with Crippen molar-refractivity contribution in [3.8, 4) is 0 Å². The van der Waals surface area contributed by atoms with Crippen LogP contribution in [-0.2, 0) is 9.53 Å². The van der Waals surface area contributed by atoms with Gasteiger partial charge in [-0.1, -0.05) is 25.1 Å². The Labute approximate surface area is 124 Å². The zero-order valence-corrected chi connectivity index (χ0v) is 12.8. The third kappa shape index (κ3) is 3.17. The lowest BCUT2D eigenvalue weighted by molar-refractivity contribution is -0.139. The second kappa shape index (κ2) is 5.39. The second-order valence-electron chi connectivity index (χ2n) is 6.40. The van der Waals surface area contributed by atoms with Crippen LogP contribution in [0.4, 0.5) is 10.5 Å². The molecule has 1 aliphatic rings. The van der Waals surface area contributed by atoms with Crippen LogP contribution in [0.3, 0.4) is 0 Å². The quantitative estimate of drug-likeness (QED) is 0.861. The van der Waals surface area contributed by atoms with Gasteiger partial charge in [0, 0.05) is 0 Å². The van der Waals surface area contributed by atoms with Gasteiger partial charge in [-0.2, -0.15) is 0 Å². The zero-order chi connectivity index (χ0) is 15.8. The van der Waals surface area contributed by atoms with Crippen LogP contribution in [0.5, 0.6) is 0 Å². The average molecular weight is 291 g/mol. The van der Waals surface area contributed by atoms with Crippen LogP contribution in [0, 0.1) is 0 Å². The van der Waals surface area contributed by atoms with E-state index in [2.05, 4.69) is 0 Å². The highest BCUT2D eigenvalue weighted by atomic mass is 16.6. The number of carbonyl (C=O) groups is 2. The molecule has 0 spiro atoms. The highest BCUT2D eigenvalue weighted by Gasteiger charge is 2.40. The van der Waals surface area contributed by atoms with E-state index < -0.39 is 23.7 Å². The normalized spacial score (nSPS) is 21.6. The number of carboxylic acid groups (broad SMARTS) is 1. The molecule has 0 aromatic heterocycles. The number of amides is 1. The average Bonchev–Trinajstić information content (AvgIpc) is 2.36. The van der Waals surface area contributed by atoms with Crippen LogP contribution in [0.25, 0.3) is 0 Å². The minimum absolute atomic E-state index is 0.0842. The molecule has 1 aliphatic heterocycles. The van der Waals surface area contributed by atoms with E-state index in [0.717, 1.165) is 5.56 Å². The third-order valence-electron chi connectivity index (χ3n) is 3.49. The summed E-state index contributed by atoms with van der Waals surface area (Å²) in [5.74, 6) is -0.928. The lowest BCUT2D eigenvalue weighted by Gasteiger charge is -2.38. The standard InChI is InChI=1S/C16H21NO4/c1-10-9-13(14(18)19)17(15(20)21-16(2,3)4)12-8-6-5-7-11(10)12/h5-8,10,13H,9H2,1-4H3,(H,18,19)/t10-,13-/m1/s1. The number of rotatable bonds is 1. The predicted molar refractivity (Wildman–Crippen MR) is 79.6 cm³/mol. The fourth-order valence-electron chi connectivity index (χ4n) is 2.61. The van der Waals surface area contributed by atoms with Gasteiger partial charge in [0.05, 0.1) is 5.69 Å². The molecule has 0 radical (unpaired) electrons. The van der Waals surface area contributed by atoms with E-state index in [9.17, 15) is 14.7 Å². The first kappa shape index (κ1) is 15.4. The van der Waals surface area contributed by atoms with Gasteiger partial charge in [0.15, 0.2) is 0 Å². The molecule has 2 rings (SSSR count). The number of benzene rings is 1. The summed E-state index contributed by atoms with van der Waals surface area (Å²) in [6.45, 7) is 7.26. The molecule has 2 atom stereocenters. The topological polar surface area (TPSA) is 66.8 Å². The number of anilines is 1. The first-order valence-corrected chi connectivity index (χ1v) is 7.04. The number of hydrogen-bond acceptors (Lipinski definition) is 3. The molecular weight excluding hydrogens is 270 g/mol. The van der Waals surface area contributed by atoms with E-state index >= 15 is 0 Å². The summed E-state index contributed by atoms with van der Waals surface area (Å²) in [6.07, 6.45) is -0.236. The summed E-state index contributed by atoms with van der Waals surface area (Å²) >= 11 is 0. The molecule has 1 aromatic rings. The molecule has 0 bridgehead atoms. The van der Waals surface area contributed by atoms with Crippen LogP contribution < -0.4 is 4.90 Å². The van der Waals surface area contributed by atoms with Gasteiger partial charge in [0.2, 0.25) is 0 Å². The van der Waals surface area contributed by atoms with Crippen LogP contribution >= 0.6 is 0 Å². The van der Waals surface area contributed by atoms with Crippen molar-refractivity contribution >= 4 is 17.7 Å². The first-order chi connectivity index (χ1) is 9.70. The van der Waals surface area contributed by atoms with E-state index in [0.29, 0.717) is 12.1 Å². The van der Waals surface area contributed by atoms with E-state index in [1.165, 1.54) is 4.90 Å². The van der Waals surface area contributed by atoms with Gasteiger partial charge >= 0.3 is 12.1 Å². The smallest absolute Gasteiger partial charge is 0.415 e. The molecule has 1 heterocycles. The number of fused-ring (bicyclic) bond motifs is 1. The van der Waals surface area contributed by atoms with Crippen molar-refractivity contribution < 1.29 is 19.4 Å². The molecule has 0 saturated heterocycles. The fourth-order valence-corrected chi connectivity index (χ4v) is 2.61. The molecule has 1 amide bonds. The SMILES string of the molecule is C[C@@H]1C[C@H](C(=O)O)N(C(=O)OC(C)(C)C)c2ccccc21. The number of carbonyl (C=O) groups excluding carboxylic acids is 1. The minimum Gasteiger partial charge on any atom is -0.480 e. The lowest BCUT2D eigenvalue weighted by Crippen LogP contribution is -2.50. The maximum Gasteiger partial charge on any atom is 0.415 e. The van der Waals surface area contributed by atoms with Crippen molar-refractivity contribution in [3.05, 3.63) is 29.8 Å². The highest BCUT2D eigenvalue weighted by molar-refractivity contribution is 5.97.